The number of aromatic nitrogens is 3. The largest absolute Gasteiger partial charge is 0.354 e. The van der Waals surface area contributed by atoms with Gasteiger partial charge in [0, 0.05) is 37.4 Å². The third kappa shape index (κ3) is 3.14. The predicted molar refractivity (Wildman–Crippen MR) is 103 cm³/mol. The van der Waals surface area contributed by atoms with E-state index in [1.54, 1.807) is 12.3 Å². The number of fused-ring (bicyclic) bond motifs is 2. The molecule has 0 spiro atoms. The van der Waals surface area contributed by atoms with E-state index in [2.05, 4.69) is 19.8 Å². The van der Waals surface area contributed by atoms with Gasteiger partial charge in [0.15, 0.2) is 0 Å². The Morgan fingerprint density at radius 1 is 1.04 bits per heavy atom. The number of nitrogens with zero attached hydrogens (tertiary/aromatic N) is 5. The Morgan fingerprint density at radius 2 is 1.89 bits per heavy atom. The van der Waals surface area contributed by atoms with E-state index in [0.717, 1.165) is 48.5 Å². The maximum Gasteiger partial charge on any atom is 0.147 e. The van der Waals surface area contributed by atoms with Gasteiger partial charge in [-0.1, -0.05) is 12.1 Å². The highest BCUT2D eigenvalue weighted by Gasteiger charge is 2.38. The number of pyridine rings is 1. The molecule has 2 atom stereocenters. The summed E-state index contributed by atoms with van der Waals surface area (Å²) in [7, 11) is 0. The van der Waals surface area contributed by atoms with Crippen LogP contribution in [0.2, 0.25) is 0 Å². The summed E-state index contributed by atoms with van der Waals surface area (Å²) in [6.45, 7) is 3.59. The molecule has 0 bridgehead atoms. The Balaban J connectivity index is 1.36. The van der Waals surface area contributed by atoms with Gasteiger partial charge in [0.05, 0.1) is 23.4 Å². The zero-order valence-electron chi connectivity index (χ0n) is 15.1. The van der Waals surface area contributed by atoms with Crippen molar-refractivity contribution in [2.75, 3.05) is 24.5 Å². The summed E-state index contributed by atoms with van der Waals surface area (Å²) in [6.07, 6.45) is 7.19. The number of rotatable bonds is 3. The van der Waals surface area contributed by atoms with E-state index in [0.29, 0.717) is 18.5 Å². The second-order valence-electron chi connectivity index (χ2n) is 7.51. The van der Waals surface area contributed by atoms with Crippen LogP contribution in [0.5, 0.6) is 0 Å². The zero-order valence-corrected chi connectivity index (χ0v) is 15.1. The molecule has 2 aliphatic heterocycles. The molecule has 2 aliphatic rings. The molecule has 2 aromatic heterocycles. The van der Waals surface area contributed by atoms with Gasteiger partial charge in [0.1, 0.15) is 11.6 Å². The SMILES string of the molecule is Fc1cnccc1CN1CCC2CCN(c3cnc4ccccc4n3)CC21. The Labute approximate surface area is 157 Å². The van der Waals surface area contributed by atoms with Crippen LogP contribution in [0.1, 0.15) is 18.4 Å². The minimum absolute atomic E-state index is 0.214. The van der Waals surface area contributed by atoms with Crippen LogP contribution in [-0.2, 0) is 6.54 Å². The summed E-state index contributed by atoms with van der Waals surface area (Å²) in [5.74, 6) is 1.41. The quantitative estimate of drug-likeness (QED) is 0.715. The first kappa shape index (κ1) is 16.6. The van der Waals surface area contributed by atoms with Gasteiger partial charge in [-0.3, -0.25) is 14.9 Å². The molecule has 0 saturated carbocycles. The molecule has 0 amide bonds. The summed E-state index contributed by atoms with van der Waals surface area (Å²) in [6, 6.07) is 10.2. The molecule has 5 nitrogen and oxygen atoms in total. The van der Waals surface area contributed by atoms with Crippen molar-refractivity contribution >= 4 is 16.9 Å². The molecule has 27 heavy (non-hydrogen) atoms. The van der Waals surface area contributed by atoms with Crippen LogP contribution in [0.4, 0.5) is 10.2 Å². The first-order valence-electron chi connectivity index (χ1n) is 9.57. The summed E-state index contributed by atoms with van der Waals surface area (Å²) in [4.78, 5) is 18.0. The van der Waals surface area contributed by atoms with E-state index in [1.165, 1.54) is 12.6 Å². The molecule has 4 heterocycles. The molecule has 138 valence electrons. The molecule has 0 radical (unpaired) electrons. The van der Waals surface area contributed by atoms with Crippen molar-refractivity contribution in [3.05, 3.63) is 60.3 Å². The minimum atomic E-state index is -0.214. The first-order chi connectivity index (χ1) is 13.3. The third-order valence-electron chi connectivity index (χ3n) is 5.97. The fourth-order valence-electron chi connectivity index (χ4n) is 4.48. The lowest BCUT2D eigenvalue weighted by Gasteiger charge is -2.39. The van der Waals surface area contributed by atoms with Crippen LogP contribution >= 0.6 is 0 Å². The minimum Gasteiger partial charge on any atom is -0.354 e. The zero-order chi connectivity index (χ0) is 18.2. The lowest BCUT2D eigenvalue weighted by molar-refractivity contribution is 0.198. The molecule has 0 aliphatic carbocycles. The third-order valence-corrected chi connectivity index (χ3v) is 5.97. The van der Waals surface area contributed by atoms with E-state index < -0.39 is 0 Å². The van der Waals surface area contributed by atoms with Crippen molar-refractivity contribution in [3.63, 3.8) is 0 Å². The highest BCUT2D eigenvalue weighted by atomic mass is 19.1. The number of para-hydroxylation sites is 2. The lowest BCUT2D eigenvalue weighted by Crippen LogP contribution is -2.48. The Morgan fingerprint density at radius 3 is 2.78 bits per heavy atom. The Hall–Kier alpha value is -2.60. The number of piperidine rings is 1. The highest BCUT2D eigenvalue weighted by molar-refractivity contribution is 5.75. The summed E-state index contributed by atoms with van der Waals surface area (Å²) >= 11 is 0. The number of benzene rings is 1. The van der Waals surface area contributed by atoms with Gasteiger partial charge in [-0.15, -0.1) is 0 Å². The maximum atomic E-state index is 14.0. The molecule has 0 N–H and O–H groups in total. The second-order valence-corrected chi connectivity index (χ2v) is 7.51. The normalized spacial score (nSPS) is 22.9. The van der Waals surface area contributed by atoms with Crippen LogP contribution in [0.3, 0.4) is 0 Å². The average molecular weight is 363 g/mol. The Bertz CT molecular complexity index is 962. The fraction of sp³-hybridized carbons (Fsp3) is 0.381. The van der Waals surface area contributed by atoms with E-state index in [4.69, 9.17) is 4.98 Å². The molecule has 2 saturated heterocycles. The van der Waals surface area contributed by atoms with Gasteiger partial charge in [0.25, 0.3) is 0 Å². The van der Waals surface area contributed by atoms with Gasteiger partial charge < -0.3 is 4.90 Å². The fourth-order valence-corrected chi connectivity index (χ4v) is 4.48. The van der Waals surface area contributed by atoms with Crippen LogP contribution in [0, 0.1) is 11.7 Å². The van der Waals surface area contributed by atoms with Crippen molar-refractivity contribution in [2.45, 2.75) is 25.4 Å². The van der Waals surface area contributed by atoms with E-state index >= 15 is 0 Å². The molecule has 5 rings (SSSR count). The molecule has 3 aromatic rings. The van der Waals surface area contributed by atoms with E-state index in [9.17, 15) is 4.39 Å². The van der Waals surface area contributed by atoms with Gasteiger partial charge in [-0.2, -0.15) is 0 Å². The van der Waals surface area contributed by atoms with Crippen molar-refractivity contribution < 1.29 is 4.39 Å². The molecule has 2 unspecified atom stereocenters. The first-order valence-corrected chi connectivity index (χ1v) is 9.57. The number of anilines is 1. The lowest BCUT2D eigenvalue weighted by atomic mass is 9.92. The van der Waals surface area contributed by atoms with Crippen LogP contribution in [0.15, 0.2) is 48.9 Å². The van der Waals surface area contributed by atoms with Gasteiger partial charge >= 0.3 is 0 Å². The van der Waals surface area contributed by atoms with Crippen molar-refractivity contribution in [3.8, 4) is 0 Å². The summed E-state index contributed by atoms with van der Waals surface area (Å²) in [5.41, 5.74) is 2.58. The van der Waals surface area contributed by atoms with E-state index in [1.807, 2.05) is 30.5 Å². The summed E-state index contributed by atoms with van der Waals surface area (Å²) < 4.78 is 14.0. The molecular weight excluding hydrogens is 341 g/mol. The van der Waals surface area contributed by atoms with Crippen molar-refractivity contribution in [2.24, 2.45) is 5.92 Å². The van der Waals surface area contributed by atoms with Crippen LogP contribution in [0.25, 0.3) is 11.0 Å². The molecule has 2 fully saturated rings. The standard InChI is InChI=1S/C21H22FN5/c22-17-11-23-8-5-16(17)13-26-9-6-15-7-10-27(14-20(15)26)21-12-24-18-3-1-2-4-19(18)25-21/h1-5,8,11-12,15,20H,6-7,9-10,13-14H2. The van der Waals surface area contributed by atoms with Crippen LogP contribution < -0.4 is 4.90 Å². The van der Waals surface area contributed by atoms with Gasteiger partial charge in [0.2, 0.25) is 0 Å². The molecular formula is C21H22FN5. The topological polar surface area (TPSA) is 45.2 Å². The van der Waals surface area contributed by atoms with Crippen molar-refractivity contribution in [1.82, 2.24) is 19.9 Å². The number of hydrogen-bond acceptors (Lipinski definition) is 5. The monoisotopic (exact) mass is 363 g/mol. The van der Waals surface area contributed by atoms with Crippen LogP contribution in [-0.4, -0.2) is 45.5 Å². The second kappa shape index (κ2) is 6.85. The Kier molecular flexibility index (Phi) is 4.20. The highest BCUT2D eigenvalue weighted by Crippen LogP contribution is 2.34. The maximum absolute atomic E-state index is 14.0. The van der Waals surface area contributed by atoms with Gasteiger partial charge in [-0.25, -0.2) is 9.37 Å². The number of halogens is 1. The summed E-state index contributed by atoms with van der Waals surface area (Å²) in [5, 5.41) is 0. The number of likely N-dealkylation sites (tertiary alicyclic amines) is 1. The average Bonchev–Trinajstić information content (AvgIpc) is 3.11. The smallest absolute Gasteiger partial charge is 0.147 e. The van der Waals surface area contributed by atoms with E-state index in [-0.39, 0.29) is 5.82 Å². The predicted octanol–water partition coefficient (Wildman–Crippen LogP) is 3.26. The van der Waals surface area contributed by atoms with Crippen molar-refractivity contribution in [1.29, 1.82) is 0 Å². The van der Waals surface area contributed by atoms with Gasteiger partial charge in [-0.05, 0) is 43.5 Å². The molecule has 1 aromatic carbocycles. The molecule has 6 heteroatoms. The number of hydrogen-bond donors (Lipinski definition) is 0.